The van der Waals surface area contributed by atoms with Crippen LogP contribution in [0.4, 0.5) is 5.82 Å². The summed E-state index contributed by atoms with van der Waals surface area (Å²) in [7, 11) is 0. The summed E-state index contributed by atoms with van der Waals surface area (Å²) in [6.07, 6.45) is 3.46. The van der Waals surface area contributed by atoms with Crippen molar-refractivity contribution in [3.05, 3.63) is 24.2 Å². The molecule has 6 nitrogen and oxygen atoms in total. The fraction of sp³-hybridized carbons (Fsp3) is 0.500. The second-order valence-corrected chi connectivity index (χ2v) is 5.40. The summed E-state index contributed by atoms with van der Waals surface area (Å²) in [4.78, 5) is 16.3. The number of nitrogens with one attached hydrogen (secondary N) is 2. The second kappa shape index (κ2) is 5.90. The Balaban J connectivity index is 2.09. The molecule has 108 valence electrons. The van der Waals surface area contributed by atoms with Gasteiger partial charge in [0.25, 0.3) is 0 Å². The van der Waals surface area contributed by atoms with Crippen LogP contribution in [0.2, 0.25) is 0 Å². The van der Waals surface area contributed by atoms with E-state index in [0.717, 1.165) is 11.2 Å². The molecule has 2 aromatic rings. The van der Waals surface area contributed by atoms with Gasteiger partial charge in [-0.1, -0.05) is 13.8 Å². The SMILES string of the molecule is Cc1cc2c(NC(C)C(=O)NCC(C)C)nccn2n1. The van der Waals surface area contributed by atoms with E-state index in [1.807, 2.05) is 19.9 Å². The Hall–Kier alpha value is -2.11. The Morgan fingerprint density at radius 2 is 2.15 bits per heavy atom. The van der Waals surface area contributed by atoms with Gasteiger partial charge in [0.15, 0.2) is 5.82 Å². The molecule has 0 fully saturated rings. The van der Waals surface area contributed by atoms with E-state index in [4.69, 9.17) is 0 Å². The molecule has 0 aromatic carbocycles. The molecule has 0 aliphatic heterocycles. The Morgan fingerprint density at radius 1 is 1.40 bits per heavy atom. The number of aromatic nitrogens is 3. The average molecular weight is 275 g/mol. The van der Waals surface area contributed by atoms with Crippen molar-refractivity contribution in [2.45, 2.75) is 33.7 Å². The maximum atomic E-state index is 12.0. The minimum Gasteiger partial charge on any atom is -0.357 e. The van der Waals surface area contributed by atoms with Gasteiger partial charge in [0.05, 0.1) is 5.69 Å². The van der Waals surface area contributed by atoms with Crippen LogP contribution < -0.4 is 10.6 Å². The van der Waals surface area contributed by atoms with E-state index >= 15 is 0 Å². The van der Waals surface area contributed by atoms with Crippen LogP contribution in [0.1, 0.15) is 26.5 Å². The van der Waals surface area contributed by atoms with Crippen LogP contribution in [-0.4, -0.2) is 33.1 Å². The van der Waals surface area contributed by atoms with Crippen LogP contribution in [0.5, 0.6) is 0 Å². The minimum atomic E-state index is -0.345. The van der Waals surface area contributed by atoms with Gasteiger partial charge in [-0.05, 0) is 25.8 Å². The number of fused-ring (bicyclic) bond motifs is 1. The largest absolute Gasteiger partial charge is 0.357 e. The number of carbonyl (C=O) groups excluding carboxylic acids is 1. The molecule has 0 radical (unpaired) electrons. The Kier molecular flexibility index (Phi) is 4.22. The third kappa shape index (κ3) is 3.26. The lowest BCUT2D eigenvalue weighted by molar-refractivity contribution is -0.121. The van der Waals surface area contributed by atoms with Crippen molar-refractivity contribution in [3.8, 4) is 0 Å². The lowest BCUT2D eigenvalue weighted by Gasteiger charge is -2.16. The number of hydrogen-bond donors (Lipinski definition) is 2. The summed E-state index contributed by atoms with van der Waals surface area (Å²) in [6.45, 7) is 8.55. The first-order chi connectivity index (χ1) is 9.47. The van der Waals surface area contributed by atoms with Crippen LogP contribution in [0.15, 0.2) is 18.5 Å². The molecule has 2 aromatic heterocycles. The van der Waals surface area contributed by atoms with Gasteiger partial charge in [-0.3, -0.25) is 4.79 Å². The molecule has 0 saturated heterocycles. The Morgan fingerprint density at radius 3 is 2.85 bits per heavy atom. The summed E-state index contributed by atoms with van der Waals surface area (Å²) in [5.41, 5.74) is 1.78. The first-order valence-corrected chi connectivity index (χ1v) is 6.82. The van der Waals surface area contributed by atoms with E-state index in [1.165, 1.54) is 0 Å². The number of amides is 1. The van der Waals surface area contributed by atoms with Gasteiger partial charge < -0.3 is 10.6 Å². The summed E-state index contributed by atoms with van der Waals surface area (Å²) in [5, 5.41) is 10.4. The van der Waals surface area contributed by atoms with Gasteiger partial charge in [0, 0.05) is 18.9 Å². The van der Waals surface area contributed by atoms with E-state index in [-0.39, 0.29) is 11.9 Å². The highest BCUT2D eigenvalue weighted by atomic mass is 16.2. The van der Waals surface area contributed by atoms with E-state index in [1.54, 1.807) is 16.9 Å². The van der Waals surface area contributed by atoms with Crippen LogP contribution in [0, 0.1) is 12.8 Å². The summed E-state index contributed by atoms with van der Waals surface area (Å²) >= 11 is 0. The molecule has 0 spiro atoms. The first kappa shape index (κ1) is 14.3. The summed E-state index contributed by atoms with van der Waals surface area (Å²) < 4.78 is 1.75. The van der Waals surface area contributed by atoms with E-state index in [0.29, 0.717) is 18.3 Å². The number of aryl methyl sites for hydroxylation is 1. The molecule has 6 heteroatoms. The van der Waals surface area contributed by atoms with Gasteiger partial charge in [-0.25, -0.2) is 9.50 Å². The zero-order valence-electron chi connectivity index (χ0n) is 12.3. The van der Waals surface area contributed by atoms with Gasteiger partial charge >= 0.3 is 0 Å². The third-order valence-electron chi connectivity index (χ3n) is 2.94. The van der Waals surface area contributed by atoms with Crippen molar-refractivity contribution >= 4 is 17.2 Å². The van der Waals surface area contributed by atoms with Crippen molar-refractivity contribution in [1.29, 1.82) is 0 Å². The van der Waals surface area contributed by atoms with Gasteiger partial charge in [0.2, 0.25) is 5.91 Å². The highest BCUT2D eigenvalue weighted by Crippen LogP contribution is 2.15. The molecule has 0 aliphatic carbocycles. The number of anilines is 1. The quantitative estimate of drug-likeness (QED) is 0.869. The number of rotatable bonds is 5. The van der Waals surface area contributed by atoms with Gasteiger partial charge in [0.1, 0.15) is 11.6 Å². The summed E-state index contributed by atoms with van der Waals surface area (Å²) in [5.74, 6) is 1.07. The highest BCUT2D eigenvalue weighted by Gasteiger charge is 2.15. The highest BCUT2D eigenvalue weighted by molar-refractivity contribution is 5.85. The third-order valence-corrected chi connectivity index (χ3v) is 2.94. The molecule has 0 saturated carbocycles. The topological polar surface area (TPSA) is 71.3 Å². The first-order valence-electron chi connectivity index (χ1n) is 6.82. The summed E-state index contributed by atoms with van der Waals surface area (Å²) in [6, 6.07) is 1.59. The normalized spacial score (nSPS) is 12.7. The standard InChI is InChI=1S/C14H21N5O/c1-9(2)8-16-14(20)11(4)17-13-12-7-10(3)18-19(12)6-5-15-13/h5-7,9,11H,8H2,1-4H3,(H,15,17)(H,16,20). The minimum absolute atomic E-state index is 0.0289. The van der Waals surface area contributed by atoms with E-state index in [9.17, 15) is 4.79 Å². The molecular formula is C14H21N5O. The second-order valence-electron chi connectivity index (χ2n) is 5.40. The Bertz CT molecular complexity index is 605. The average Bonchev–Trinajstić information content (AvgIpc) is 2.77. The molecule has 2 heterocycles. The molecule has 0 aliphatic rings. The lowest BCUT2D eigenvalue weighted by Crippen LogP contribution is -2.39. The number of nitrogens with zero attached hydrogens (tertiary/aromatic N) is 3. The molecule has 20 heavy (non-hydrogen) atoms. The molecule has 1 atom stereocenters. The molecule has 1 amide bonds. The van der Waals surface area contributed by atoms with Crippen molar-refractivity contribution < 1.29 is 4.79 Å². The van der Waals surface area contributed by atoms with Crippen LogP contribution in [0.3, 0.4) is 0 Å². The predicted octanol–water partition coefficient (Wildman–Crippen LogP) is 1.61. The molecule has 2 N–H and O–H groups in total. The van der Waals surface area contributed by atoms with Crippen LogP contribution >= 0.6 is 0 Å². The Labute approximate surface area is 118 Å². The molecule has 1 unspecified atom stereocenters. The monoisotopic (exact) mass is 275 g/mol. The predicted molar refractivity (Wildman–Crippen MR) is 78.7 cm³/mol. The van der Waals surface area contributed by atoms with Crippen molar-refractivity contribution in [2.24, 2.45) is 5.92 Å². The van der Waals surface area contributed by atoms with Gasteiger partial charge in [-0.2, -0.15) is 5.10 Å². The molecular weight excluding hydrogens is 254 g/mol. The van der Waals surface area contributed by atoms with Gasteiger partial charge in [-0.15, -0.1) is 0 Å². The smallest absolute Gasteiger partial charge is 0.242 e. The zero-order valence-corrected chi connectivity index (χ0v) is 12.3. The number of carbonyl (C=O) groups is 1. The van der Waals surface area contributed by atoms with Crippen molar-refractivity contribution in [3.63, 3.8) is 0 Å². The maximum absolute atomic E-state index is 12.0. The van der Waals surface area contributed by atoms with Crippen LogP contribution in [-0.2, 0) is 4.79 Å². The van der Waals surface area contributed by atoms with E-state index in [2.05, 4.69) is 34.6 Å². The lowest BCUT2D eigenvalue weighted by atomic mass is 10.2. The maximum Gasteiger partial charge on any atom is 0.242 e. The van der Waals surface area contributed by atoms with E-state index < -0.39 is 0 Å². The zero-order chi connectivity index (χ0) is 14.7. The van der Waals surface area contributed by atoms with Crippen molar-refractivity contribution in [2.75, 3.05) is 11.9 Å². The molecule has 2 rings (SSSR count). The van der Waals surface area contributed by atoms with Crippen LogP contribution in [0.25, 0.3) is 5.52 Å². The molecule has 0 bridgehead atoms. The van der Waals surface area contributed by atoms with Crippen molar-refractivity contribution in [1.82, 2.24) is 19.9 Å². The fourth-order valence-electron chi connectivity index (χ4n) is 1.88. The fourth-order valence-corrected chi connectivity index (χ4v) is 1.88. The number of hydrogen-bond acceptors (Lipinski definition) is 4.